The van der Waals surface area contributed by atoms with E-state index in [2.05, 4.69) is 10.6 Å². The van der Waals surface area contributed by atoms with Gasteiger partial charge in [-0.1, -0.05) is 0 Å². The fourth-order valence-electron chi connectivity index (χ4n) is 3.14. The molecule has 0 aromatic heterocycles. The molecule has 9 nitrogen and oxygen atoms in total. The van der Waals surface area contributed by atoms with Crippen LogP contribution in [0, 0.1) is 0 Å². The molecular formula is C15H27N3O6. The third kappa shape index (κ3) is 7.24. The predicted octanol–water partition coefficient (Wildman–Crippen LogP) is -0.576. The van der Waals surface area contributed by atoms with Gasteiger partial charge in [-0.3, -0.25) is 19.3 Å². The van der Waals surface area contributed by atoms with Crippen LogP contribution in [0.4, 0.5) is 0 Å². The summed E-state index contributed by atoms with van der Waals surface area (Å²) in [6.07, 6.45) is 1.01. The Morgan fingerprint density at radius 2 is 1.38 bits per heavy atom. The molecule has 5 N–H and O–H groups in total. The van der Waals surface area contributed by atoms with Crippen LogP contribution in [0.25, 0.3) is 0 Å². The fourth-order valence-corrected chi connectivity index (χ4v) is 3.14. The summed E-state index contributed by atoms with van der Waals surface area (Å²) in [5, 5.41) is 34.2. The van der Waals surface area contributed by atoms with Gasteiger partial charge in [-0.2, -0.15) is 0 Å². The number of nitrogens with one attached hydrogen (secondary N) is 2. The molecule has 1 aliphatic rings. The zero-order valence-electron chi connectivity index (χ0n) is 13.8. The lowest BCUT2D eigenvalue weighted by Crippen LogP contribution is -2.55. The molecule has 1 aliphatic heterocycles. The average molecular weight is 345 g/mol. The van der Waals surface area contributed by atoms with E-state index in [1.54, 1.807) is 0 Å². The summed E-state index contributed by atoms with van der Waals surface area (Å²) in [5.41, 5.74) is -1.22. The maximum absolute atomic E-state index is 11.4. The van der Waals surface area contributed by atoms with Crippen molar-refractivity contribution in [2.75, 3.05) is 39.3 Å². The molecule has 0 amide bonds. The first-order chi connectivity index (χ1) is 11.4. The van der Waals surface area contributed by atoms with Crippen molar-refractivity contribution in [3.8, 4) is 0 Å². The lowest BCUT2D eigenvalue weighted by molar-refractivity contribution is -0.150. The van der Waals surface area contributed by atoms with Crippen LogP contribution in [0.3, 0.4) is 0 Å². The largest absolute Gasteiger partial charge is 0.481 e. The first-order valence-electron chi connectivity index (χ1n) is 8.17. The fraction of sp³-hybridized carbons (Fsp3) is 0.800. The van der Waals surface area contributed by atoms with E-state index < -0.39 is 36.3 Å². The van der Waals surface area contributed by atoms with Gasteiger partial charge in [-0.15, -0.1) is 0 Å². The zero-order valence-corrected chi connectivity index (χ0v) is 13.8. The second-order valence-electron chi connectivity index (χ2n) is 6.14. The zero-order chi connectivity index (χ0) is 18.0. The van der Waals surface area contributed by atoms with Gasteiger partial charge < -0.3 is 26.0 Å². The van der Waals surface area contributed by atoms with Crippen LogP contribution >= 0.6 is 0 Å². The van der Waals surface area contributed by atoms with Gasteiger partial charge in [-0.05, 0) is 45.4 Å². The first kappa shape index (κ1) is 20.3. The van der Waals surface area contributed by atoms with E-state index in [0.717, 1.165) is 19.5 Å². The van der Waals surface area contributed by atoms with Crippen molar-refractivity contribution in [2.24, 2.45) is 0 Å². The van der Waals surface area contributed by atoms with Gasteiger partial charge >= 0.3 is 17.9 Å². The van der Waals surface area contributed by atoms with Crippen LogP contribution in [0.5, 0.6) is 0 Å². The Balaban J connectivity index is 3.09. The van der Waals surface area contributed by atoms with E-state index in [1.807, 2.05) is 0 Å². The lowest BCUT2D eigenvalue weighted by Gasteiger charge is -2.42. The van der Waals surface area contributed by atoms with E-state index in [9.17, 15) is 29.7 Å². The third-order valence-corrected chi connectivity index (χ3v) is 4.21. The van der Waals surface area contributed by atoms with Gasteiger partial charge in [0, 0.05) is 12.1 Å². The summed E-state index contributed by atoms with van der Waals surface area (Å²) in [6, 6.07) is 0. The van der Waals surface area contributed by atoms with E-state index >= 15 is 0 Å². The standard InChI is InChI=1S/C15H27N3O6/c19-12(20)9-15(10-13(21)22)3-7-17-5-1-4-16-6-2-8-18(15)11-14(23)24/h16-17H,1-11H2,(H,19,20)(H,21,22)(H,23,24). The molecule has 138 valence electrons. The summed E-state index contributed by atoms with van der Waals surface area (Å²) in [4.78, 5) is 35.5. The monoisotopic (exact) mass is 345 g/mol. The summed E-state index contributed by atoms with van der Waals surface area (Å²) >= 11 is 0. The van der Waals surface area contributed by atoms with Gasteiger partial charge in [0.1, 0.15) is 0 Å². The predicted molar refractivity (Wildman–Crippen MR) is 86.0 cm³/mol. The van der Waals surface area contributed by atoms with Gasteiger partial charge in [0.05, 0.1) is 19.4 Å². The number of carboxylic acids is 3. The molecule has 0 bridgehead atoms. The van der Waals surface area contributed by atoms with E-state index in [0.29, 0.717) is 26.1 Å². The third-order valence-electron chi connectivity index (χ3n) is 4.21. The molecular weight excluding hydrogens is 318 g/mol. The Bertz CT molecular complexity index is 427. The lowest BCUT2D eigenvalue weighted by atomic mass is 9.84. The molecule has 1 saturated heterocycles. The summed E-state index contributed by atoms with van der Waals surface area (Å²) < 4.78 is 0. The van der Waals surface area contributed by atoms with Crippen molar-refractivity contribution in [1.29, 1.82) is 0 Å². The summed E-state index contributed by atoms with van der Waals surface area (Å²) in [7, 11) is 0. The van der Waals surface area contributed by atoms with Gasteiger partial charge in [0.25, 0.3) is 0 Å². The van der Waals surface area contributed by atoms with Crippen molar-refractivity contribution in [3.05, 3.63) is 0 Å². The van der Waals surface area contributed by atoms with Crippen LogP contribution in [-0.2, 0) is 14.4 Å². The van der Waals surface area contributed by atoms with Crippen molar-refractivity contribution >= 4 is 17.9 Å². The smallest absolute Gasteiger partial charge is 0.317 e. The maximum Gasteiger partial charge on any atom is 0.317 e. The van der Waals surface area contributed by atoms with Crippen molar-refractivity contribution in [3.63, 3.8) is 0 Å². The minimum Gasteiger partial charge on any atom is -0.481 e. The molecule has 0 aromatic carbocycles. The summed E-state index contributed by atoms with van der Waals surface area (Å²) in [6.45, 7) is 2.66. The maximum atomic E-state index is 11.4. The van der Waals surface area contributed by atoms with Gasteiger partial charge in [0.15, 0.2) is 0 Å². The van der Waals surface area contributed by atoms with Crippen LogP contribution in [-0.4, -0.2) is 82.9 Å². The molecule has 1 rings (SSSR count). The van der Waals surface area contributed by atoms with Crippen molar-refractivity contribution in [1.82, 2.24) is 15.5 Å². The number of carboxylic acid groups (broad SMARTS) is 3. The highest BCUT2D eigenvalue weighted by molar-refractivity contribution is 5.74. The number of carbonyl (C=O) groups is 3. The molecule has 0 aliphatic carbocycles. The van der Waals surface area contributed by atoms with Crippen LogP contribution in [0.1, 0.15) is 32.1 Å². The average Bonchev–Trinajstić information content (AvgIpc) is 2.44. The number of nitrogens with zero attached hydrogens (tertiary/aromatic N) is 1. The highest BCUT2D eigenvalue weighted by atomic mass is 16.4. The molecule has 0 aromatic rings. The first-order valence-corrected chi connectivity index (χ1v) is 8.17. The number of hydrogen-bond donors (Lipinski definition) is 5. The normalized spacial score (nSPS) is 20.5. The van der Waals surface area contributed by atoms with E-state index in [4.69, 9.17) is 0 Å². The minimum absolute atomic E-state index is 0.270. The molecule has 9 heteroatoms. The Morgan fingerprint density at radius 3 is 1.92 bits per heavy atom. The Hall–Kier alpha value is -1.71. The highest BCUT2D eigenvalue weighted by Gasteiger charge is 2.41. The molecule has 24 heavy (non-hydrogen) atoms. The van der Waals surface area contributed by atoms with E-state index in [1.165, 1.54) is 4.90 Å². The molecule has 0 spiro atoms. The topological polar surface area (TPSA) is 139 Å². The number of hydrogen-bond acceptors (Lipinski definition) is 6. The van der Waals surface area contributed by atoms with E-state index in [-0.39, 0.29) is 13.0 Å². The molecule has 0 radical (unpaired) electrons. The molecule has 0 atom stereocenters. The second kappa shape index (κ2) is 10.2. The highest BCUT2D eigenvalue weighted by Crippen LogP contribution is 2.29. The molecule has 1 fully saturated rings. The molecule has 0 saturated carbocycles. The Kier molecular flexibility index (Phi) is 8.66. The SMILES string of the molecule is O=C(O)CN1CCCNCCCNCCC1(CC(=O)O)CC(=O)O. The Morgan fingerprint density at radius 1 is 0.833 bits per heavy atom. The second-order valence-corrected chi connectivity index (χ2v) is 6.14. The Labute approximate surface area is 141 Å². The van der Waals surface area contributed by atoms with Gasteiger partial charge in [-0.25, -0.2) is 0 Å². The van der Waals surface area contributed by atoms with Gasteiger partial charge in [0.2, 0.25) is 0 Å². The molecule has 1 heterocycles. The van der Waals surface area contributed by atoms with Crippen molar-refractivity contribution < 1.29 is 29.7 Å². The number of rotatable bonds is 6. The number of aliphatic carboxylic acids is 3. The minimum atomic E-state index is -1.22. The van der Waals surface area contributed by atoms with Crippen LogP contribution in [0.15, 0.2) is 0 Å². The summed E-state index contributed by atoms with van der Waals surface area (Å²) in [5.74, 6) is -3.35. The molecule has 0 unspecified atom stereocenters. The van der Waals surface area contributed by atoms with Crippen LogP contribution in [0.2, 0.25) is 0 Å². The van der Waals surface area contributed by atoms with Crippen LogP contribution < -0.4 is 10.6 Å². The quantitative estimate of drug-likeness (QED) is 0.428. The van der Waals surface area contributed by atoms with Crippen molar-refractivity contribution in [2.45, 2.75) is 37.6 Å².